The summed E-state index contributed by atoms with van der Waals surface area (Å²) in [4.78, 5) is 24.3. The molecule has 0 atom stereocenters. The van der Waals surface area contributed by atoms with Crippen LogP contribution in [0.1, 0.15) is 15.9 Å². The van der Waals surface area contributed by atoms with Crippen molar-refractivity contribution in [2.45, 2.75) is 6.18 Å². The zero-order chi connectivity index (χ0) is 19.6. The predicted molar refractivity (Wildman–Crippen MR) is 93.4 cm³/mol. The van der Waals surface area contributed by atoms with Crippen molar-refractivity contribution in [3.63, 3.8) is 0 Å². The van der Waals surface area contributed by atoms with Crippen molar-refractivity contribution in [2.24, 2.45) is 0 Å². The first kappa shape index (κ1) is 19.1. The molecule has 0 spiro atoms. The first-order valence-corrected chi connectivity index (χ1v) is 8.72. The molecule has 11 heteroatoms. The van der Waals surface area contributed by atoms with Crippen LogP contribution in [-0.4, -0.2) is 37.1 Å². The van der Waals surface area contributed by atoms with Crippen LogP contribution in [0.25, 0.3) is 0 Å². The van der Waals surface area contributed by atoms with Gasteiger partial charge in [0.2, 0.25) is 0 Å². The number of carbonyl (C=O) groups is 1. The standard InChI is InChI=1S/C16H14F3N3O4S/c17-16(18,19)11-1-2-13(21-3-5-26-6-4-21)12(8-11)20-15(23)10-7-14(22(24)25)27-9-10/h1-2,7-9H,3-6H2,(H,20,23). The molecule has 27 heavy (non-hydrogen) atoms. The Hall–Kier alpha value is -2.66. The van der Waals surface area contributed by atoms with Crippen LogP contribution in [0.15, 0.2) is 29.6 Å². The molecule has 2 aromatic rings. The third kappa shape index (κ3) is 4.37. The Morgan fingerprint density at radius 3 is 2.56 bits per heavy atom. The number of carbonyl (C=O) groups excluding carboxylic acids is 1. The van der Waals surface area contributed by atoms with Gasteiger partial charge in [-0.25, -0.2) is 0 Å². The highest BCUT2D eigenvalue weighted by Crippen LogP contribution is 2.36. The lowest BCUT2D eigenvalue weighted by Gasteiger charge is -2.31. The molecule has 1 fully saturated rings. The number of rotatable bonds is 4. The summed E-state index contributed by atoms with van der Waals surface area (Å²) in [5.74, 6) is -0.715. The molecule has 2 heterocycles. The summed E-state index contributed by atoms with van der Waals surface area (Å²) in [5, 5.41) is 14.3. The molecule has 0 aliphatic carbocycles. The van der Waals surface area contributed by atoms with E-state index in [1.807, 2.05) is 4.90 Å². The lowest BCUT2D eigenvalue weighted by molar-refractivity contribution is -0.380. The summed E-state index contributed by atoms with van der Waals surface area (Å²) in [6.45, 7) is 1.78. The molecule has 1 N–H and O–H groups in total. The molecule has 3 rings (SSSR count). The van der Waals surface area contributed by atoms with E-state index >= 15 is 0 Å². The molecule has 1 aromatic carbocycles. The number of hydrogen-bond acceptors (Lipinski definition) is 6. The maximum Gasteiger partial charge on any atom is 0.416 e. The summed E-state index contributed by atoms with van der Waals surface area (Å²) < 4.78 is 44.5. The average molecular weight is 401 g/mol. The van der Waals surface area contributed by atoms with Gasteiger partial charge in [0.05, 0.1) is 40.6 Å². The first-order valence-electron chi connectivity index (χ1n) is 7.84. The summed E-state index contributed by atoms with van der Waals surface area (Å²) in [6, 6.07) is 4.21. The third-order valence-electron chi connectivity index (χ3n) is 3.95. The minimum Gasteiger partial charge on any atom is -0.378 e. The van der Waals surface area contributed by atoms with E-state index in [1.165, 1.54) is 11.4 Å². The van der Waals surface area contributed by atoms with Gasteiger partial charge in [-0.3, -0.25) is 14.9 Å². The molecule has 1 amide bonds. The lowest BCUT2D eigenvalue weighted by Crippen LogP contribution is -2.36. The zero-order valence-corrected chi connectivity index (χ0v) is 14.6. The quantitative estimate of drug-likeness (QED) is 0.623. The SMILES string of the molecule is O=C(Nc1cc(C(F)(F)F)ccc1N1CCOCC1)c1csc([N+](=O)[O-])c1. The highest BCUT2D eigenvalue weighted by Gasteiger charge is 2.32. The Balaban J connectivity index is 1.92. The van der Waals surface area contributed by atoms with E-state index < -0.39 is 22.6 Å². The maximum absolute atomic E-state index is 13.1. The van der Waals surface area contributed by atoms with Gasteiger partial charge in [-0.1, -0.05) is 11.3 Å². The first-order chi connectivity index (χ1) is 12.8. The van der Waals surface area contributed by atoms with Crippen LogP contribution in [0.4, 0.5) is 29.5 Å². The molecule has 144 valence electrons. The van der Waals surface area contributed by atoms with Crippen molar-refractivity contribution in [1.29, 1.82) is 0 Å². The average Bonchev–Trinajstić information content (AvgIpc) is 3.12. The number of hydrogen-bond donors (Lipinski definition) is 1. The highest BCUT2D eigenvalue weighted by atomic mass is 32.1. The van der Waals surface area contributed by atoms with Crippen LogP contribution in [0.5, 0.6) is 0 Å². The third-order valence-corrected chi connectivity index (χ3v) is 4.83. The second kappa shape index (κ2) is 7.53. The second-order valence-corrected chi connectivity index (χ2v) is 6.60. The van der Waals surface area contributed by atoms with Crippen LogP contribution in [0.3, 0.4) is 0 Å². The number of alkyl halides is 3. The summed E-state index contributed by atoms with van der Waals surface area (Å²) in [5.41, 5.74) is -0.460. The number of ether oxygens (including phenoxy) is 1. The molecule has 0 bridgehead atoms. The molecular weight excluding hydrogens is 387 g/mol. The van der Waals surface area contributed by atoms with E-state index in [9.17, 15) is 28.1 Å². The minimum atomic E-state index is -4.57. The number of halogens is 3. The number of morpholine rings is 1. The fourth-order valence-corrected chi connectivity index (χ4v) is 3.33. The van der Waals surface area contributed by atoms with Gasteiger partial charge in [0.15, 0.2) is 0 Å². The Morgan fingerprint density at radius 2 is 1.96 bits per heavy atom. The monoisotopic (exact) mass is 401 g/mol. The number of amides is 1. The summed E-state index contributed by atoms with van der Waals surface area (Å²) in [7, 11) is 0. The van der Waals surface area contributed by atoms with Gasteiger partial charge in [0, 0.05) is 24.5 Å². The lowest BCUT2D eigenvalue weighted by atomic mass is 10.1. The summed E-state index contributed by atoms with van der Waals surface area (Å²) >= 11 is 0.769. The number of thiophene rings is 1. The number of nitro groups is 1. The van der Waals surface area contributed by atoms with Crippen LogP contribution in [0.2, 0.25) is 0 Å². The zero-order valence-electron chi connectivity index (χ0n) is 13.8. The van der Waals surface area contributed by atoms with E-state index in [0.29, 0.717) is 32.0 Å². The topological polar surface area (TPSA) is 84.7 Å². The Labute approximate surface area is 155 Å². The normalized spacial score (nSPS) is 14.9. The number of nitrogens with one attached hydrogen (secondary N) is 1. The van der Waals surface area contributed by atoms with Crippen molar-refractivity contribution in [3.8, 4) is 0 Å². The van der Waals surface area contributed by atoms with E-state index in [-0.39, 0.29) is 16.3 Å². The number of anilines is 2. The van der Waals surface area contributed by atoms with Gasteiger partial charge >= 0.3 is 11.2 Å². The maximum atomic E-state index is 13.1. The molecule has 0 saturated carbocycles. The van der Waals surface area contributed by atoms with Crippen molar-refractivity contribution in [2.75, 3.05) is 36.5 Å². The molecule has 0 radical (unpaired) electrons. The van der Waals surface area contributed by atoms with Gasteiger partial charge < -0.3 is 15.0 Å². The summed E-state index contributed by atoms with van der Waals surface area (Å²) in [6.07, 6.45) is -4.57. The van der Waals surface area contributed by atoms with Crippen LogP contribution in [0, 0.1) is 10.1 Å². The Bertz CT molecular complexity index is 863. The van der Waals surface area contributed by atoms with Gasteiger partial charge in [0.1, 0.15) is 0 Å². The Kier molecular flexibility index (Phi) is 5.33. The number of nitrogens with zero attached hydrogens (tertiary/aromatic N) is 2. The van der Waals surface area contributed by atoms with Crippen LogP contribution >= 0.6 is 11.3 Å². The molecule has 1 aliphatic heterocycles. The molecule has 7 nitrogen and oxygen atoms in total. The molecule has 1 aliphatic rings. The largest absolute Gasteiger partial charge is 0.416 e. The van der Waals surface area contributed by atoms with E-state index in [1.54, 1.807) is 0 Å². The molecule has 1 saturated heterocycles. The van der Waals surface area contributed by atoms with Gasteiger partial charge in [0.25, 0.3) is 5.91 Å². The predicted octanol–water partition coefficient (Wildman–Crippen LogP) is 3.76. The van der Waals surface area contributed by atoms with Crippen LogP contribution < -0.4 is 10.2 Å². The fourth-order valence-electron chi connectivity index (χ4n) is 2.63. The Morgan fingerprint density at radius 1 is 1.26 bits per heavy atom. The van der Waals surface area contributed by atoms with Crippen molar-refractivity contribution >= 4 is 33.6 Å². The van der Waals surface area contributed by atoms with Crippen molar-refractivity contribution in [1.82, 2.24) is 0 Å². The molecular formula is C16H14F3N3O4S. The van der Waals surface area contributed by atoms with E-state index in [0.717, 1.165) is 29.5 Å². The smallest absolute Gasteiger partial charge is 0.378 e. The van der Waals surface area contributed by atoms with Crippen LogP contribution in [-0.2, 0) is 10.9 Å². The highest BCUT2D eigenvalue weighted by molar-refractivity contribution is 7.13. The van der Waals surface area contributed by atoms with Gasteiger partial charge in [-0.15, -0.1) is 0 Å². The van der Waals surface area contributed by atoms with Gasteiger partial charge in [-0.05, 0) is 18.2 Å². The van der Waals surface area contributed by atoms with Crippen molar-refractivity contribution < 1.29 is 27.6 Å². The fraction of sp³-hybridized carbons (Fsp3) is 0.312. The number of benzene rings is 1. The second-order valence-electron chi connectivity index (χ2n) is 5.71. The van der Waals surface area contributed by atoms with E-state index in [2.05, 4.69) is 5.32 Å². The molecule has 0 unspecified atom stereocenters. The molecule has 1 aromatic heterocycles. The minimum absolute atomic E-state index is 0.00872. The van der Waals surface area contributed by atoms with E-state index in [4.69, 9.17) is 4.74 Å². The van der Waals surface area contributed by atoms with Gasteiger partial charge in [-0.2, -0.15) is 13.2 Å². The van der Waals surface area contributed by atoms with Crippen molar-refractivity contribution in [3.05, 3.63) is 50.9 Å².